The summed E-state index contributed by atoms with van der Waals surface area (Å²) in [6, 6.07) is 85.5. The summed E-state index contributed by atoms with van der Waals surface area (Å²) in [5.41, 5.74) is 14.5. The van der Waals surface area contributed by atoms with Crippen LogP contribution in [0.4, 0.5) is 17.1 Å². The molecule has 12 aromatic rings. The van der Waals surface area contributed by atoms with Gasteiger partial charge in [0, 0.05) is 27.7 Å². The zero-order valence-electron chi connectivity index (χ0n) is 33.9. The molecule has 0 bridgehead atoms. The van der Waals surface area contributed by atoms with Crippen LogP contribution in [0.15, 0.2) is 241 Å². The van der Waals surface area contributed by atoms with Gasteiger partial charge in [0.05, 0.1) is 5.69 Å². The Bertz CT molecular complexity index is 3630. The fourth-order valence-corrected chi connectivity index (χ4v) is 9.55. The average molecular weight is 790 g/mol. The van der Waals surface area contributed by atoms with Gasteiger partial charge in [-0.05, 0) is 120 Å². The van der Waals surface area contributed by atoms with Gasteiger partial charge in [-0.25, -0.2) is 0 Å². The predicted molar refractivity (Wildman–Crippen MR) is 263 cm³/mol. The highest BCUT2D eigenvalue weighted by Gasteiger charge is 2.21. The van der Waals surface area contributed by atoms with E-state index in [9.17, 15) is 0 Å². The van der Waals surface area contributed by atoms with Gasteiger partial charge in [0.2, 0.25) is 0 Å². The van der Waals surface area contributed by atoms with Gasteiger partial charge in [0.15, 0.2) is 0 Å². The maximum atomic E-state index is 6.39. The molecule has 0 atom stereocenters. The van der Waals surface area contributed by atoms with Crippen LogP contribution in [0, 0.1) is 0 Å². The molecule has 12 rings (SSSR count). The molecule has 0 aliphatic carbocycles. The number of nitrogens with zero attached hydrogens (tertiary/aromatic N) is 1. The molecule has 0 radical (unpaired) electrons. The first kappa shape index (κ1) is 35.7. The molecule has 2 heteroatoms. The molecule has 62 heavy (non-hydrogen) atoms. The van der Waals surface area contributed by atoms with Gasteiger partial charge >= 0.3 is 0 Å². The summed E-state index contributed by atoms with van der Waals surface area (Å²) in [4.78, 5) is 2.40. The topological polar surface area (TPSA) is 16.4 Å². The second-order valence-electron chi connectivity index (χ2n) is 16.0. The molecule has 11 aromatic carbocycles. The third-order valence-corrected chi connectivity index (χ3v) is 12.5. The SMILES string of the molecule is c1cc(-c2ccc(N(c3ccc(-c4cccc5c4ccc4ccccc45)cc3)c3ccccc3-c3cccc4oc5ccccc5c34)cc2)cc(-c2cccc3ccccc23)c1. The molecule has 2 nitrogen and oxygen atoms in total. The van der Waals surface area contributed by atoms with Gasteiger partial charge in [-0.1, -0.05) is 188 Å². The van der Waals surface area contributed by atoms with Gasteiger partial charge in [-0.2, -0.15) is 0 Å². The first-order valence-corrected chi connectivity index (χ1v) is 21.2. The monoisotopic (exact) mass is 789 g/mol. The molecular weight excluding hydrogens is 751 g/mol. The van der Waals surface area contributed by atoms with Crippen molar-refractivity contribution in [3.63, 3.8) is 0 Å². The molecule has 290 valence electrons. The van der Waals surface area contributed by atoms with Crippen LogP contribution < -0.4 is 4.90 Å². The van der Waals surface area contributed by atoms with Crippen LogP contribution in [0.2, 0.25) is 0 Å². The van der Waals surface area contributed by atoms with Crippen molar-refractivity contribution >= 4 is 71.3 Å². The van der Waals surface area contributed by atoms with E-state index in [-0.39, 0.29) is 0 Å². The van der Waals surface area contributed by atoms with Crippen molar-refractivity contribution in [2.24, 2.45) is 0 Å². The highest BCUT2D eigenvalue weighted by atomic mass is 16.3. The van der Waals surface area contributed by atoms with Gasteiger partial charge in [0.1, 0.15) is 11.2 Å². The van der Waals surface area contributed by atoms with E-state index < -0.39 is 0 Å². The van der Waals surface area contributed by atoms with E-state index >= 15 is 0 Å². The first-order valence-electron chi connectivity index (χ1n) is 21.2. The van der Waals surface area contributed by atoms with E-state index in [2.05, 4.69) is 235 Å². The molecule has 0 aliphatic rings. The molecule has 0 fully saturated rings. The number of anilines is 3. The Balaban J connectivity index is 0.991. The number of fused-ring (bicyclic) bond motifs is 7. The van der Waals surface area contributed by atoms with Crippen LogP contribution in [-0.2, 0) is 0 Å². The van der Waals surface area contributed by atoms with E-state index in [0.717, 1.165) is 55.7 Å². The highest BCUT2D eigenvalue weighted by molar-refractivity contribution is 6.14. The van der Waals surface area contributed by atoms with Crippen molar-refractivity contribution in [1.29, 1.82) is 0 Å². The minimum absolute atomic E-state index is 0.882. The predicted octanol–water partition coefficient (Wildman–Crippen LogP) is 17.2. The summed E-state index contributed by atoms with van der Waals surface area (Å²) >= 11 is 0. The fraction of sp³-hybridized carbons (Fsp3) is 0. The summed E-state index contributed by atoms with van der Waals surface area (Å²) < 4.78 is 6.39. The second-order valence-corrected chi connectivity index (χ2v) is 16.0. The first-order chi connectivity index (χ1) is 30.7. The summed E-state index contributed by atoms with van der Waals surface area (Å²) in [7, 11) is 0. The maximum absolute atomic E-state index is 6.39. The van der Waals surface area contributed by atoms with E-state index in [1.807, 2.05) is 6.07 Å². The standard InChI is InChI=1S/C60H39NO/c1-3-18-48-41(13-1)15-10-22-51(48)45-17-9-16-44(39-45)40-29-34-46(35-30-40)61(57-26-7-5-20-54(57)55-25-12-28-59-60(55)56-21-6-8-27-58(56)62-59)47-36-31-43(32-37-47)50-23-11-24-52-49-19-4-2-14-42(49)33-38-53(50)52/h1-39H. The van der Waals surface area contributed by atoms with Crippen LogP contribution in [0.3, 0.4) is 0 Å². The Morgan fingerprint density at radius 1 is 0.274 bits per heavy atom. The van der Waals surface area contributed by atoms with E-state index in [1.165, 1.54) is 60.1 Å². The van der Waals surface area contributed by atoms with Gasteiger partial charge in [0.25, 0.3) is 0 Å². The smallest absolute Gasteiger partial charge is 0.136 e. The Morgan fingerprint density at radius 3 is 1.63 bits per heavy atom. The number of furan rings is 1. The normalized spacial score (nSPS) is 11.5. The summed E-state index contributed by atoms with van der Waals surface area (Å²) in [5.74, 6) is 0. The molecular formula is C60H39NO. The van der Waals surface area contributed by atoms with E-state index in [1.54, 1.807) is 0 Å². The molecule has 1 heterocycles. The lowest BCUT2D eigenvalue weighted by Gasteiger charge is -2.28. The van der Waals surface area contributed by atoms with E-state index in [4.69, 9.17) is 4.42 Å². The van der Waals surface area contributed by atoms with Gasteiger partial charge in [-0.3, -0.25) is 0 Å². The lowest BCUT2D eigenvalue weighted by molar-refractivity contribution is 0.669. The quantitative estimate of drug-likeness (QED) is 0.150. The molecule has 0 N–H and O–H groups in total. The number of hydrogen-bond donors (Lipinski definition) is 0. The third-order valence-electron chi connectivity index (χ3n) is 12.5. The Hall–Kier alpha value is -8.20. The van der Waals surface area contributed by atoms with E-state index in [0.29, 0.717) is 0 Å². The maximum Gasteiger partial charge on any atom is 0.136 e. The molecule has 1 aromatic heterocycles. The Kier molecular flexibility index (Phi) is 8.53. The number of para-hydroxylation sites is 2. The van der Waals surface area contributed by atoms with Gasteiger partial charge in [-0.15, -0.1) is 0 Å². The fourth-order valence-electron chi connectivity index (χ4n) is 9.55. The zero-order valence-corrected chi connectivity index (χ0v) is 33.9. The number of hydrogen-bond acceptors (Lipinski definition) is 2. The van der Waals surface area contributed by atoms with Crippen molar-refractivity contribution in [1.82, 2.24) is 0 Å². The van der Waals surface area contributed by atoms with Crippen LogP contribution in [0.5, 0.6) is 0 Å². The van der Waals surface area contributed by atoms with Crippen molar-refractivity contribution in [2.75, 3.05) is 4.90 Å². The molecule has 0 saturated carbocycles. The summed E-state index contributed by atoms with van der Waals surface area (Å²) in [6.45, 7) is 0. The number of benzene rings is 11. The zero-order chi connectivity index (χ0) is 41.0. The number of rotatable bonds is 7. The molecule has 0 aliphatic heterocycles. The lowest BCUT2D eigenvalue weighted by Crippen LogP contribution is -2.11. The summed E-state index contributed by atoms with van der Waals surface area (Å²) in [6.07, 6.45) is 0. The molecule has 0 spiro atoms. The van der Waals surface area contributed by atoms with Crippen molar-refractivity contribution in [3.05, 3.63) is 237 Å². The van der Waals surface area contributed by atoms with Crippen LogP contribution in [0.25, 0.3) is 98.8 Å². The lowest BCUT2D eigenvalue weighted by atomic mass is 9.94. The Labute approximate surface area is 360 Å². The molecule has 0 amide bonds. The van der Waals surface area contributed by atoms with Crippen molar-refractivity contribution in [3.8, 4) is 44.5 Å². The minimum Gasteiger partial charge on any atom is -0.456 e. The van der Waals surface area contributed by atoms with Crippen LogP contribution in [0.1, 0.15) is 0 Å². The summed E-state index contributed by atoms with van der Waals surface area (Å²) in [5, 5.41) is 9.79. The van der Waals surface area contributed by atoms with Crippen LogP contribution in [-0.4, -0.2) is 0 Å². The van der Waals surface area contributed by atoms with Crippen molar-refractivity contribution < 1.29 is 4.42 Å². The minimum atomic E-state index is 0.882. The van der Waals surface area contributed by atoms with Crippen molar-refractivity contribution in [2.45, 2.75) is 0 Å². The largest absolute Gasteiger partial charge is 0.456 e. The average Bonchev–Trinajstić information content (AvgIpc) is 3.74. The molecule has 0 saturated heterocycles. The Morgan fingerprint density at radius 2 is 0.806 bits per heavy atom. The van der Waals surface area contributed by atoms with Gasteiger partial charge < -0.3 is 9.32 Å². The molecule has 0 unspecified atom stereocenters. The second kappa shape index (κ2) is 14.8. The highest BCUT2D eigenvalue weighted by Crippen LogP contribution is 2.46. The third kappa shape index (κ3) is 6.04. The van der Waals surface area contributed by atoms with Crippen LogP contribution >= 0.6 is 0 Å².